The number of Topliss-reactive ketones (excluding diaryl/α,β-unsaturated/α-hetero) is 1. The normalized spacial score (nSPS) is 11.9. The lowest BCUT2D eigenvalue weighted by molar-refractivity contribution is 0.0588. The molecule has 2 aromatic rings. The Bertz CT molecular complexity index is 934. The molecule has 2 heterocycles. The summed E-state index contributed by atoms with van der Waals surface area (Å²) in [5, 5.41) is 2.86. The number of methoxy groups -OCH3 is 1. The highest BCUT2D eigenvalue weighted by atomic mass is 16.5. The third-order valence-corrected chi connectivity index (χ3v) is 5.18. The summed E-state index contributed by atoms with van der Waals surface area (Å²) in [6.45, 7) is 9.18. The number of ketones is 1. The van der Waals surface area contributed by atoms with Gasteiger partial charge < -0.3 is 19.5 Å². The van der Waals surface area contributed by atoms with Gasteiger partial charge in [-0.1, -0.05) is 0 Å². The molecule has 0 fully saturated rings. The number of carbonyl (C=O) groups excluding carboxylic acids is 3. The van der Waals surface area contributed by atoms with Gasteiger partial charge in [0.05, 0.1) is 13.2 Å². The van der Waals surface area contributed by atoms with E-state index in [1.807, 2.05) is 13.8 Å². The van der Waals surface area contributed by atoms with Gasteiger partial charge in [-0.05, 0) is 57.9 Å². The van der Waals surface area contributed by atoms with E-state index in [0.717, 1.165) is 5.56 Å². The number of nitrogens with one attached hydrogen (secondary N) is 1. The van der Waals surface area contributed by atoms with Gasteiger partial charge in [0, 0.05) is 43.3 Å². The lowest BCUT2D eigenvalue weighted by Gasteiger charge is -2.29. The second-order valence-corrected chi connectivity index (χ2v) is 7.61. The molecule has 8 nitrogen and oxygen atoms in total. The number of carbonyl (C=O) groups is 3. The maximum atomic E-state index is 13.5. The Hall–Kier alpha value is -3.16. The highest BCUT2D eigenvalue weighted by Crippen LogP contribution is 2.25. The van der Waals surface area contributed by atoms with Crippen LogP contribution in [-0.2, 0) is 18.3 Å². The van der Waals surface area contributed by atoms with E-state index < -0.39 is 12.0 Å². The highest BCUT2D eigenvalue weighted by Gasteiger charge is 2.32. The van der Waals surface area contributed by atoms with E-state index in [9.17, 15) is 14.4 Å². The van der Waals surface area contributed by atoms with Crippen molar-refractivity contribution in [2.75, 3.05) is 7.11 Å². The first-order valence-electron chi connectivity index (χ1n) is 9.84. The number of hydrogen-bond donors (Lipinski definition) is 1. The second kappa shape index (κ2) is 9.56. The van der Waals surface area contributed by atoms with Crippen LogP contribution in [0, 0.1) is 13.8 Å². The quantitative estimate of drug-likeness (QED) is 0.555. The molecule has 0 bridgehead atoms. The number of hydrogen-bond acceptors (Lipinski definition) is 5. The van der Waals surface area contributed by atoms with Crippen LogP contribution in [0.1, 0.15) is 58.4 Å². The maximum absolute atomic E-state index is 13.5. The van der Waals surface area contributed by atoms with E-state index in [-0.39, 0.29) is 24.4 Å². The molecule has 162 valence electrons. The fourth-order valence-corrected chi connectivity index (χ4v) is 3.48. The Morgan fingerprint density at radius 3 is 2.30 bits per heavy atom. The summed E-state index contributed by atoms with van der Waals surface area (Å²) in [5.41, 5.74) is 2.82. The van der Waals surface area contributed by atoms with Crippen LogP contribution in [0.5, 0.6) is 0 Å². The van der Waals surface area contributed by atoms with E-state index in [1.165, 1.54) is 12.0 Å². The molecule has 1 unspecified atom stereocenters. The number of pyridine rings is 1. The van der Waals surface area contributed by atoms with Crippen molar-refractivity contribution in [2.24, 2.45) is 7.05 Å². The fraction of sp³-hybridized carbons (Fsp3) is 0.455. The standard InChI is InChI=1S/C22H30N4O4/c1-13(2)24-22(29)26(12-17-8-10-23-11-9-17)16(5)20(27)18-14(3)19(21(28)30-7)25(6)15(18)4/h8-11,13,16H,12H2,1-7H3,(H,24,29). The molecule has 0 radical (unpaired) electrons. The zero-order valence-corrected chi connectivity index (χ0v) is 18.6. The van der Waals surface area contributed by atoms with Gasteiger partial charge in [0.2, 0.25) is 0 Å². The van der Waals surface area contributed by atoms with Gasteiger partial charge in [0.1, 0.15) is 5.69 Å². The van der Waals surface area contributed by atoms with Crippen molar-refractivity contribution >= 4 is 17.8 Å². The summed E-state index contributed by atoms with van der Waals surface area (Å²) in [7, 11) is 3.02. The van der Waals surface area contributed by atoms with E-state index in [4.69, 9.17) is 4.74 Å². The lowest BCUT2D eigenvalue weighted by atomic mass is 9.99. The smallest absolute Gasteiger partial charge is 0.354 e. The topological polar surface area (TPSA) is 93.5 Å². The number of esters is 1. The predicted octanol–water partition coefficient (Wildman–Crippen LogP) is 3.01. The van der Waals surface area contributed by atoms with Crippen LogP contribution >= 0.6 is 0 Å². The second-order valence-electron chi connectivity index (χ2n) is 7.61. The molecule has 0 spiro atoms. The van der Waals surface area contributed by atoms with Crippen LogP contribution in [0.3, 0.4) is 0 Å². The van der Waals surface area contributed by atoms with Gasteiger partial charge in [-0.3, -0.25) is 9.78 Å². The lowest BCUT2D eigenvalue weighted by Crippen LogP contribution is -2.49. The maximum Gasteiger partial charge on any atom is 0.354 e. The summed E-state index contributed by atoms with van der Waals surface area (Å²) in [4.78, 5) is 44.1. The van der Waals surface area contributed by atoms with E-state index in [0.29, 0.717) is 22.5 Å². The van der Waals surface area contributed by atoms with E-state index in [2.05, 4.69) is 10.3 Å². The van der Waals surface area contributed by atoms with Crippen molar-refractivity contribution in [2.45, 2.75) is 53.2 Å². The summed E-state index contributed by atoms with van der Waals surface area (Å²) < 4.78 is 6.52. The molecule has 1 N–H and O–H groups in total. The first kappa shape index (κ1) is 23.1. The molecule has 0 saturated heterocycles. The van der Waals surface area contributed by atoms with Gasteiger partial charge in [-0.2, -0.15) is 0 Å². The van der Waals surface area contributed by atoms with Crippen LogP contribution in [-0.4, -0.2) is 51.4 Å². The molecule has 2 rings (SSSR count). The molecular weight excluding hydrogens is 384 g/mol. The number of ether oxygens (including phenoxy) is 1. The highest BCUT2D eigenvalue weighted by molar-refractivity contribution is 6.06. The van der Waals surface area contributed by atoms with E-state index in [1.54, 1.807) is 56.9 Å². The van der Waals surface area contributed by atoms with Crippen molar-refractivity contribution < 1.29 is 19.1 Å². The van der Waals surface area contributed by atoms with Crippen LogP contribution in [0.4, 0.5) is 4.79 Å². The SMILES string of the molecule is COC(=O)c1c(C)c(C(=O)C(C)N(Cc2ccncc2)C(=O)NC(C)C)c(C)n1C. The zero-order chi connectivity index (χ0) is 22.6. The molecule has 2 amide bonds. The van der Waals surface area contributed by atoms with Crippen LogP contribution < -0.4 is 5.32 Å². The minimum Gasteiger partial charge on any atom is -0.464 e. The third-order valence-electron chi connectivity index (χ3n) is 5.18. The Morgan fingerprint density at radius 2 is 1.77 bits per heavy atom. The average Bonchev–Trinajstić information content (AvgIpc) is 2.93. The van der Waals surface area contributed by atoms with Gasteiger partial charge in [-0.15, -0.1) is 0 Å². The van der Waals surface area contributed by atoms with Gasteiger partial charge in [0.25, 0.3) is 0 Å². The van der Waals surface area contributed by atoms with Crippen molar-refractivity contribution in [1.82, 2.24) is 19.8 Å². The molecule has 0 aliphatic carbocycles. The van der Waals surface area contributed by atoms with Crippen molar-refractivity contribution in [3.63, 3.8) is 0 Å². The molecule has 1 atom stereocenters. The van der Waals surface area contributed by atoms with Crippen LogP contribution in [0.2, 0.25) is 0 Å². The Morgan fingerprint density at radius 1 is 1.17 bits per heavy atom. The minimum absolute atomic E-state index is 0.0779. The number of aromatic nitrogens is 2. The number of rotatable bonds is 7. The fourth-order valence-electron chi connectivity index (χ4n) is 3.48. The molecule has 0 aliphatic rings. The first-order chi connectivity index (χ1) is 14.1. The molecular formula is C22H30N4O4. The van der Waals surface area contributed by atoms with Gasteiger partial charge in [0.15, 0.2) is 5.78 Å². The van der Waals surface area contributed by atoms with E-state index >= 15 is 0 Å². The zero-order valence-electron chi connectivity index (χ0n) is 18.6. The summed E-state index contributed by atoms with van der Waals surface area (Å²) in [5.74, 6) is -0.736. The summed E-state index contributed by atoms with van der Waals surface area (Å²) in [6, 6.07) is 2.46. The average molecular weight is 415 g/mol. The molecule has 2 aromatic heterocycles. The molecule has 0 aromatic carbocycles. The van der Waals surface area contributed by atoms with Crippen LogP contribution in [0.15, 0.2) is 24.5 Å². The van der Waals surface area contributed by atoms with Crippen molar-refractivity contribution in [3.8, 4) is 0 Å². The summed E-state index contributed by atoms with van der Waals surface area (Å²) >= 11 is 0. The Balaban J connectivity index is 2.44. The Labute approximate surface area is 177 Å². The largest absolute Gasteiger partial charge is 0.464 e. The molecule has 8 heteroatoms. The molecule has 0 saturated carbocycles. The molecule has 30 heavy (non-hydrogen) atoms. The number of amides is 2. The van der Waals surface area contributed by atoms with Crippen molar-refractivity contribution in [3.05, 3.63) is 52.6 Å². The summed E-state index contributed by atoms with van der Waals surface area (Å²) in [6.07, 6.45) is 3.29. The van der Waals surface area contributed by atoms with Crippen molar-refractivity contribution in [1.29, 1.82) is 0 Å². The Kier molecular flexibility index (Phi) is 7.37. The molecule has 0 aliphatic heterocycles. The number of urea groups is 1. The van der Waals surface area contributed by atoms with Gasteiger partial charge >= 0.3 is 12.0 Å². The minimum atomic E-state index is -0.748. The monoisotopic (exact) mass is 414 g/mol. The first-order valence-corrected chi connectivity index (χ1v) is 9.84. The predicted molar refractivity (Wildman–Crippen MR) is 113 cm³/mol. The van der Waals surface area contributed by atoms with Crippen LogP contribution in [0.25, 0.3) is 0 Å². The third kappa shape index (κ3) is 4.69. The number of nitrogens with zero attached hydrogens (tertiary/aromatic N) is 3. The van der Waals surface area contributed by atoms with Gasteiger partial charge in [-0.25, -0.2) is 9.59 Å².